The molecule has 1 aromatic heterocycles. The largest absolute Gasteiger partial charge is 0.464 e. The van der Waals surface area contributed by atoms with Crippen LogP contribution in [-0.4, -0.2) is 43.9 Å². The zero-order valence-electron chi connectivity index (χ0n) is 10.6. The van der Waals surface area contributed by atoms with E-state index in [9.17, 15) is 4.79 Å². The maximum Gasteiger partial charge on any atom is 0.357 e. The molecule has 0 amide bonds. The van der Waals surface area contributed by atoms with Crippen LogP contribution in [0.2, 0.25) is 0 Å². The number of anilines is 1. The van der Waals surface area contributed by atoms with Crippen molar-refractivity contribution in [3.8, 4) is 0 Å². The maximum atomic E-state index is 11.5. The Morgan fingerprint density at radius 2 is 2.11 bits per heavy atom. The van der Waals surface area contributed by atoms with Gasteiger partial charge in [0.1, 0.15) is 5.82 Å². The summed E-state index contributed by atoms with van der Waals surface area (Å²) in [6.07, 6.45) is 0. The van der Waals surface area contributed by atoms with Crippen molar-refractivity contribution in [2.24, 2.45) is 0 Å². The highest BCUT2D eigenvalue weighted by atomic mass is 79.9. The molecule has 1 aliphatic rings. The molecule has 2 rings (SSSR count). The molecule has 1 saturated heterocycles. The van der Waals surface area contributed by atoms with Crippen LogP contribution in [0, 0.1) is 0 Å². The Morgan fingerprint density at radius 1 is 1.44 bits per heavy atom. The molecule has 6 heteroatoms. The Kier molecular flexibility index (Phi) is 3.59. The number of esters is 1. The fourth-order valence-electron chi connectivity index (χ4n) is 1.90. The fourth-order valence-corrected chi connectivity index (χ4v) is 2.28. The van der Waals surface area contributed by atoms with Crippen molar-refractivity contribution in [1.29, 1.82) is 0 Å². The average Bonchev–Trinajstić information content (AvgIpc) is 2.35. The highest BCUT2D eigenvalue weighted by molar-refractivity contribution is 9.10. The van der Waals surface area contributed by atoms with Crippen LogP contribution in [0.3, 0.4) is 0 Å². The van der Waals surface area contributed by atoms with Gasteiger partial charge in [0.25, 0.3) is 0 Å². The van der Waals surface area contributed by atoms with E-state index in [0.717, 1.165) is 18.9 Å². The van der Waals surface area contributed by atoms with Crippen molar-refractivity contribution < 1.29 is 14.3 Å². The van der Waals surface area contributed by atoms with Gasteiger partial charge in [-0.05, 0) is 35.0 Å². The number of aromatic nitrogens is 1. The van der Waals surface area contributed by atoms with Crippen molar-refractivity contribution in [3.05, 3.63) is 22.3 Å². The van der Waals surface area contributed by atoms with E-state index in [1.807, 2.05) is 13.0 Å². The van der Waals surface area contributed by atoms with Gasteiger partial charge < -0.3 is 14.4 Å². The second kappa shape index (κ2) is 4.85. The fraction of sp³-hybridized carbons (Fsp3) is 0.500. The second-order valence-electron chi connectivity index (χ2n) is 4.50. The van der Waals surface area contributed by atoms with Gasteiger partial charge in [0, 0.05) is 20.2 Å². The number of carbonyl (C=O) groups excluding carboxylic acids is 1. The molecule has 0 saturated carbocycles. The number of halogens is 1. The lowest BCUT2D eigenvalue weighted by Crippen LogP contribution is -2.61. The standard InChI is InChI=1S/C12H15BrN2O3/c1-12(18-3)6-15(7-12)9-5-4-8(13)10(14-9)11(16)17-2/h4-5H,6-7H2,1-3H3. The van der Waals surface area contributed by atoms with Crippen LogP contribution in [0.1, 0.15) is 17.4 Å². The summed E-state index contributed by atoms with van der Waals surface area (Å²) in [5.41, 5.74) is 0.168. The molecule has 0 radical (unpaired) electrons. The molecule has 2 heterocycles. The van der Waals surface area contributed by atoms with Gasteiger partial charge in [-0.1, -0.05) is 0 Å². The van der Waals surface area contributed by atoms with Crippen LogP contribution >= 0.6 is 15.9 Å². The summed E-state index contributed by atoms with van der Waals surface area (Å²) < 4.78 is 10.7. The second-order valence-corrected chi connectivity index (χ2v) is 5.36. The number of rotatable bonds is 3. The zero-order valence-corrected chi connectivity index (χ0v) is 12.2. The van der Waals surface area contributed by atoms with Gasteiger partial charge >= 0.3 is 5.97 Å². The summed E-state index contributed by atoms with van der Waals surface area (Å²) in [5, 5.41) is 0. The number of carbonyl (C=O) groups is 1. The molecular weight excluding hydrogens is 300 g/mol. The van der Waals surface area contributed by atoms with Crippen molar-refractivity contribution in [3.63, 3.8) is 0 Å². The van der Waals surface area contributed by atoms with Gasteiger partial charge in [-0.15, -0.1) is 0 Å². The molecule has 0 unspecified atom stereocenters. The molecule has 0 atom stereocenters. The number of pyridine rings is 1. The minimum absolute atomic E-state index is 0.125. The van der Waals surface area contributed by atoms with E-state index in [4.69, 9.17) is 9.47 Å². The first-order valence-electron chi connectivity index (χ1n) is 5.54. The third-order valence-corrected chi connectivity index (χ3v) is 3.72. The summed E-state index contributed by atoms with van der Waals surface area (Å²) in [7, 11) is 3.04. The quantitative estimate of drug-likeness (QED) is 0.797. The van der Waals surface area contributed by atoms with Gasteiger partial charge in [-0.25, -0.2) is 9.78 Å². The van der Waals surface area contributed by atoms with Crippen LogP contribution in [0.25, 0.3) is 0 Å². The Bertz CT molecular complexity index is 472. The van der Waals surface area contributed by atoms with Crippen molar-refractivity contribution in [1.82, 2.24) is 4.98 Å². The summed E-state index contributed by atoms with van der Waals surface area (Å²) >= 11 is 3.29. The lowest BCUT2D eigenvalue weighted by Gasteiger charge is -2.47. The van der Waals surface area contributed by atoms with Gasteiger partial charge in [-0.2, -0.15) is 0 Å². The highest BCUT2D eigenvalue weighted by Gasteiger charge is 2.39. The number of hydrogen-bond donors (Lipinski definition) is 0. The molecule has 18 heavy (non-hydrogen) atoms. The minimum atomic E-state index is -0.446. The van der Waals surface area contributed by atoms with E-state index < -0.39 is 5.97 Å². The first-order chi connectivity index (χ1) is 8.49. The monoisotopic (exact) mass is 314 g/mol. The average molecular weight is 315 g/mol. The van der Waals surface area contributed by atoms with E-state index in [1.165, 1.54) is 7.11 Å². The van der Waals surface area contributed by atoms with E-state index in [2.05, 4.69) is 25.8 Å². The predicted octanol–water partition coefficient (Wildman–Crippen LogP) is 1.86. The molecule has 0 spiro atoms. The van der Waals surface area contributed by atoms with Crippen molar-refractivity contribution >= 4 is 27.7 Å². The normalized spacial score (nSPS) is 17.2. The molecular formula is C12H15BrN2O3. The highest BCUT2D eigenvalue weighted by Crippen LogP contribution is 2.30. The van der Waals surface area contributed by atoms with E-state index in [-0.39, 0.29) is 5.60 Å². The molecule has 0 N–H and O–H groups in total. The summed E-state index contributed by atoms with van der Waals surface area (Å²) in [6.45, 7) is 3.57. The maximum absolute atomic E-state index is 11.5. The van der Waals surface area contributed by atoms with Crippen molar-refractivity contribution in [2.45, 2.75) is 12.5 Å². The van der Waals surface area contributed by atoms with Gasteiger partial charge in [0.15, 0.2) is 5.69 Å². The van der Waals surface area contributed by atoms with E-state index >= 15 is 0 Å². The van der Waals surface area contributed by atoms with Crippen LogP contribution in [-0.2, 0) is 9.47 Å². The van der Waals surface area contributed by atoms with Crippen molar-refractivity contribution in [2.75, 3.05) is 32.2 Å². The van der Waals surface area contributed by atoms with E-state index in [0.29, 0.717) is 10.2 Å². The predicted molar refractivity (Wildman–Crippen MR) is 70.9 cm³/mol. The summed E-state index contributed by atoms with van der Waals surface area (Å²) in [5.74, 6) is 0.312. The van der Waals surface area contributed by atoms with E-state index in [1.54, 1.807) is 13.2 Å². The van der Waals surface area contributed by atoms with Crippen LogP contribution in [0.15, 0.2) is 16.6 Å². The molecule has 98 valence electrons. The first kappa shape index (κ1) is 13.3. The summed E-state index contributed by atoms with van der Waals surface area (Å²) in [4.78, 5) is 17.9. The van der Waals surface area contributed by atoms with Gasteiger partial charge in [-0.3, -0.25) is 0 Å². The zero-order chi connectivity index (χ0) is 13.3. The molecule has 0 aromatic carbocycles. The Labute approximate surface area is 114 Å². The molecule has 0 bridgehead atoms. The molecule has 1 fully saturated rings. The SMILES string of the molecule is COC(=O)c1nc(N2CC(C)(OC)C2)ccc1Br. The van der Waals surface area contributed by atoms with Crippen LogP contribution in [0.4, 0.5) is 5.82 Å². The lowest BCUT2D eigenvalue weighted by atomic mass is 9.96. The molecule has 5 nitrogen and oxygen atoms in total. The molecule has 1 aliphatic heterocycles. The summed E-state index contributed by atoms with van der Waals surface area (Å²) in [6, 6.07) is 3.67. The number of methoxy groups -OCH3 is 2. The van der Waals surface area contributed by atoms with Crippen LogP contribution < -0.4 is 4.90 Å². The first-order valence-corrected chi connectivity index (χ1v) is 6.33. The number of nitrogens with zero attached hydrogens (tertiary/aromatic N) is 2. The topological polar surface area (TPSA) is 51.7 Å². The Morgan fingerprint density at radius 3 is 2.67 bits per heavy atom. The van der Waals surface area contributed by atoms with Gasteiger partial charge in [0.05, 0.1) is 17.2 Å². The number of hydrogen-bond acceptors (Lipinski definition) is 5. The third kappa shape index (κ3) is 2.35. The lowest BCUT2D eigenvalue weighted by molar-refractivity contribution is -0.0171. The number of ether oxygens (including phenoxy) is 2. The Balaban J connectivity index is 2.19. The van der Waals surface area contributed by atoms with Crippen LogP contribution in [0.5, 0.6) is 0 Å². The molecule has 0 aliphatic carbocycles. The third-order valence-electron chi connectivity index (χ3n) is 3.08. The van der Waals surface area contributed by atoms with Gasteiger partial charge in [0.2, 0.25) is 0 Å². The smallest absolute Gasteiger partial charge is 0.357 e. The Hall–Kier alpha value is -1.14. The minimum Gasteiger partial charge on any atom is -0.464 e. The molecule has 1 aromatic rings.